The van der Waals surface area contributed by atoms with E-state index < -0.39 is 11.7 Å². The van der Waals surface area contributed by atoms with E-state index in [1.54, 1.807) is 49.1 Å². The molecule has 0 amide bonds. The Morgan fingerprint density at radius 1 is 1.08 bits per heavy atom. The summed E-state index contributed by atoms with van der Waals surface area (Å²) in [6.07, 6.45) is 0.440. The molecule has 132 valence electrons. The number of aryl methyl sites for hydroxylation is 2. The molecule has 0 N–H and O–H groups in total. The molecule has 26 heavy (non-hydrogen) atoms. The van der Waals surface area contributed by atoms with Gasteiger partial charge >= 0.3 is 6.18 Å². The van der Waals surface area contributed by atoms with Gasteiger partial charge in [-0.1, -0.05) is 23.4 Å². The second-order valence-corrected chi connectivity index (χ2v) is 6.07. The van der Waals surface area contributed by atoms with Gasteiger partial charge in [0.05, 0.1) is 29.3 Å². The van der Waals surface area contributed by atoms with Crippen molar-refractivity contribution in [2.75, 3.05) is 0 Å². The molecule has 4 aromatic rings. The Hall–Kier alpha value is -3.09. The van der Waals surface area contributed by atoms with Crippen LogP contribution < -0.4 is 0 Å². The van der Waals surface area contributed by atoms with Crippen LogP contribution in [-0.2, 0) is 6.18 Å². The van der Waals surface area contributed by atoms with Gasteiger partial charge in [0, 0.05) is 17.3 Å². The molecular formula is C19H14F3N3O. The summed E-state index contributed by atoms with van der Waals surface area (Å²) in [7, 11) is 0. The van der Waals surface area contributed by atoms with Crippen LogP contribution >= 0.6 is 0 Å². The highest BCUT2D eigenvalue weighted by Gasteiger charge is 2.33. The molecule has 3 aromatic heterocycles. The van der Waals surface area contributed by atoms with Crippen molar-refractivity contribution in [3.63, 3.8) is 0 Å². The predicted octanol–water partition coefficient (Wildman–Crippen LogP) is 5.29. The Balaban J connectivity index is 2.03. The second-order valence-electron chi connectivity index (χ2n) is 6.07. The SMILES string of the molecule is Cc1noc(C)c1-c1cc(-c2ccccc2C(F)(F)F)cn2cncc12. The van der Waals surface area contributed by atoms with E-state index in [-0.39, 0.29) is 5.56 Å². The molecule has 3 heterocycles. The van der Waals surface area contributed by atoms with Crippen LogP contribution in [0, 0.1) is 13.8 Å². The molecule has 0 saturated heterocycles. The quantitative estimate of drug-likeness (QED) is 0.489. The number of nitrogens with zero attached hydrogens (tertiary/aromatic N) is 3. The van der Waals surface area contributed by atoms with Crippen LogP contribution in [0.5, 0.6) is 0 Å². The van der Waals surface area contributed by atoms with E-state index in [2.05, 4.69) is 10.1 Å². The molecule has 4 rings (SSSR count). The van der Waals surface area contributed by atoms with Gasteiger partial charge in [-0.15, -0.1) is 0 Å². The summed E-state index contributed by atoms with van der Waals surface area (Å²) in [6.45, 7) is 3.58. The topological polar surface area (TPSA) is 43.3 Å². The summed E-state index contributed by atoms with van der Waals surface area (Å²) < 4.78 is 47.3. The standard InChI is InChI=1S/C19H14F3N3O/c1-11-18(12(2)26-24-11)15-7-13(9-25-10-23-8-17(15)25)14-5-3-4-6-16(14)19(20,21)22/h3-10H,1-2H3. The van der Waals surface area contributed by atoms with Gasteiger partial charge in [0.15, 0.2) is 0 Å². The number of hydrogen-bond donors (Lipinski definition) is 0. The lowest BCUT2D eigenvalue weighted by Gasteiger charge is -2.14. The van der Waals surface area contributed by atoms with Crippen molar-refractivity contribution in [3.05, 3.63) is 66.1 Å². The molecule has 7 heteroatoms. The first-order valence-electron chi connectivity index (χ1n) is 7.92. The zero-order chi connectivity index (χ0) is 18.5. The summed E-state index contributed by atoms with van der Waals surface area (Å²) in [5.74, 6) is 0.604. The van der Waals surface area contributed by atoms with Crippen LogP contribution in [0.4, 0.5) is 13.2 Å². The molecule has 0 unspecified atom stereocenters. The van der Waals surface area contributed by atoms with E-state index in [1.165, 1.54) is 12.1 Å². The van der Waals surface area contributed by atoms with Crippen molar-refractivity contribution >= 4 is 5.52 Å². The van der Waals surface area contributed by atoms with E-state index >= 15 is 0 Å². The van der Waals surface area contributed by atoms with Crippen LogP contribution in [0.15, 0.2) is 53.6 Å². The molecule has 0 atom stereocenters. The Morgan fingerprint density at radius 2 is 1.85 bits per heavy atom. The summed E-state index contributed by atoms with van der Waals surface area (Å²) >= 11 is 0. The normalized spacial score (nSPS) is 12.0. The van der Waals surface area contributed by atoms with E-state index in [1.807, 2.05) is 0 Å². The Labute approximate surface area is 146 Å². The van der Waals surface area contributed by atoms with E-state index in [9.17, 15) is 13.2 Å². The fourth-order valence-electron chi connectivity index (χ4n) is 3.23. The number of pyridine rings is 1. The molecule has 0 spiro atoms. The van der Waals surface area contributed by atoms with Gasteiger partial charge < -0.3 is 8.92 Å². The first-order valence-corrected chi connectivity index (χ1v) is 7.92. The van der Waals surface area contributed by atoms with Crippen LogP contribution in [0.2, 0.25) is 0 Å². The molecule has 1 aromatic carbocycles. The highest BCUT2D eigenvalue weighted by molar-refractivity contribution is 5.86. The number of alkyl halides is 3. The fraction of sp³-hybridized carbons (Fsp3) is 0.158. The number of fused-ring (bicyclic) bond motifs is 1. The van der Waals surface area contributed by atoms with Gasteiger partial charge in [-0.05, 0) is 37.1 Å². The Morgan fingerprint density at radius 3 is 2.54 bits per heavy atom. The van der Waals surface area contributed by atoms with Gasteiger partial charge in [0.1, 0.15) is 5.76 Å². The smallest absolute Gasteiger partial charge is 0.361 e. The van der Waals surface area contributed by atoms with Crippen molar-refractivity contribution in [1.82, 2.24) is 14.5 Å². The molecule has 0 radical (unpaired) electrons. The van der Waals surface area contributed by atoms with Gasteiger partial charge in [-0.3, -0.25) is 0 Å². The molecule has 0 aliphatic rings. The van der Waals surface area contributed by atoms with Gasteiger partial charge in [-0.25, -0.2) is 4.98 Å². The van der Waals surface area contributed by atoms with Crippen molar-refractivity contribution in [3.8, 4) is 22.3 Å². The molecule has 0 fully saturated rings. The number of imidazole rings is 1. The lowest BCUT2D eigenvalue weighted by Crippen LogP contribution is -2.07. The van der Waals surface area contributed by atoms with Gasteiger partial charge in [-0.2, -0.15) is 13.2 Å². The predicted molar refractivity (Wildman–Crippen MR) is 90.6 cm³/mol. The minimum Gasteiger partial charge on any atom is -0.361 e. The number of aromatic nitrogens is 3. The first-order chi connectivity index (χ1) is 12.4. The minimum absolute atomic E-state index is 0.114. The third-order valence-electron chi connectivity index (χ3n) is 4.37. The minimum atomic E-state index is -4.44. The van der Waals surface area contributed by atoms with Crippen LogP contribution in [0.25, 0.3) is 27.8 Å². The van der Waals surface area contributed by atoms with Gasteiger partial charge in [0.2, 0.25) is 0 Å². The molecule has 0 aliphatic heterocycles. The summed E-state index contributed by atoms with van der Waals surface area (Å²) in [4.78, 5) is 4.13. The number of hydrogen-bond acceptors (Lipinski definition) is 3. The molecule has 0 bridgehead atoms. The highest BCUT2D eigenvalue weighted by atomic mass is 19.4. The zero-order valence-electron chi connectivity index (χ0n) is 14.0. The van der Waals surface area contributed by atoms with E-state index in [0.29, 0.717) is 17.0 Å². The Bertz CT molecular complexity index is 1090. The van der Waals surface area contributed by atoms with E-state index in [0.717, 1.165) is 22.7 Å². The first kappa shape index (κ1) is 16.4. The lowest BCUT2D eigenvalue weighted by molar-refractivity contribution is -0.137. The highest BCUT2D eigenvalue weighted by Crippen LogP contribution is 2.39. The maximum absolute atomic E-state index is 13.4. The third-order valence-corrected chi connectivity index (χ3v) is 4.37. The fourth-order valence-corrected chi connectivity index (χ4v) is 3.23. The van der Waals surface area contributed by atoms with Crippen LogP contribution in [0.3, 0.4) is 0 Å². The van der Waals surface area contributed by atoms with Crippen molar-refractivity contribution in [1.29, 1.82) is 0 Å². The average Bonchev–Trinajstić information content (AvgIpc) is 3.20. The van der Waals surface area contributed by atoms with Gasteiger partial charge in [0.25, 0.3) is 0 Å². The van der Waals surface area contributed by atoms with Crippen molar-refractivity contribution in [2.24, 2.45) is 0 Å². The zero-order valence-corrected chi connectivity index (χ0v) is 14.0. The van der Waals surface area contributed by atoms with E-state index in [4.69, 9.17) is 4.52 Å². The molecule has 0 aliphatic carbocycles. The van der Waals surface area contributed by atoms with Crippen LogP contribution in [0.1, 0.15) is 17.0 Å². The van der Waals surface area contributed by atoms with Crippen molar-refractivity contribution in [2.45, 2.75) is 20.0 Å². The van der Waals surface area contributed by atoms with Crippen LogP contribution in [-0.4, -0.2) is 14.5 Å². The molecule has 0 saturated carbocycles. The number of rotatable bonds is 2. The maximum atomic E-state index is 13.4. The monoisotopic (exact) mass is 357 g/mol. The number of halogens is 3. The van der Waals surface area contributed by atoms with Crippen molar-refractivity contribution < 1.29 is 17.7 Å². The lowest BCUT2D eigenvalue weighted by atomic mass is 9.96. The largest absolute Gasteiger partial charge is 0.417 e. The summed E-state index contributed by atoms with van der Waals surface area (Å²) in [5.41, 5.74) is 2.82. The molecule has 4 nitrogen and oxygen atoms in total. The number of benzene rings is 1. The second kappa shape index (κ2) is 5.72. The summed E-state index contributed by atoms with van der Waals surface area (Å²) in [5, 5.41) is 3.96. The maximum Gasteiger partial charge on any atom is 0.417 e. The third kappa shape index (κ3) is 2.56. The summed E-state index contributed by atoms with van der Waals surface area (Å²) in [6, 6.07) is 7.27. The Kier molecular flexibility index (Phi) is 3.61. The average molecular weight is 357 g/mol. The molecular weight excluding hydrogens is 343 g/mol.